The molecule has 9 nitrogen and oxygen atoms in total. The van der Waals surface area contributed by atoms with Crippen molar-refractivity contribution in [3.63, 3.8) is 0 Å². The van der Waals surface area contributed by atoms with Gasteiger partial charge in [-0.2, -0.15) is 5.26 Å². The number of rotatable bonds is 6. The van der Waals surface area contributed by atoms with E-state index in [0.29, 0.717) is 23.5 Å². The number of methoxy groups -OCH3 is 1. The van der Waals surface area contributed by atoms with Crippen LogP contribution in [0.2, 0.25) is 0 Å². The number of anilines is 1. The fraction of sp³-hybridized carbons (Fsp3) is 0.381. The molecule has 1 unspecified atom stereocenters. The van der Waals surface area contributed by atoms with Crippen molar-refractivity contribution in [2.24, 2.45) is 0 Å². The van der Waals surface area contributed by atoms with E-state index in [2.05, 4.69) is 21.1 Å². The van der Waals surface area contributed by atoms with Gasteiger partial charge in [0.05, 0.1) is 19.2 Å². The number of pyridine rings is 1. The molecule has 31 heavy (non-hydrogen) atoms. The number of nitriles is 1. The number of aromatic nitrogens is 1. The maximum absolute atomic E-state index is 12.6. The van der Waals surface area contributed by atoms with E-state index in [1.807, 2.05) is 19.1 Å². The fourth-order valence-electron chi connectivity index (χ4n) is 3.28. The van der Waals surface area contributed by atoms with Crippen LogP contribution in [0.4, 0.5) is 9.80 Å². The first-order chi connectivity index (χ1) is 14.9. The fourth-order valence-corrected chi connectivity index (χ4v) is 4.51. The lowest BCUT2D eigenvalue weighted by Gasteiger charge is -2.25. The molecule has 3 heterocycles. The van der Waals surface area contributed by atoms with Gasteiger partial charge >= 0.3 is 12.1 Å². The van der Waals surface area contributed by atoms with E-state index < -0.39 is 18.7 Å². The van der Waals surface area contributed by atoms with E-state index in [9.17, 15) is 19.6 Å². The quantitative estimate of drug-likeness (QED) is 0.683. The van der Waals surface area contributed by atoms with Gasteiger partial charge in [-0.25, -0.2) is 9.59 Å². The molecule has 3 rings (SSSR count). The maximum Gasteiger partial charge on any atom is 0.410 e. The lowest BCUT2D eigenvalue weighted by Crippen LogP contribution is -2.36. The normalized spacial score (nSPS) is 13.5. The highest BCUT2D eigenvalue weighted by atomic mass is 32.1. The molecule has 0 radical (unpaired) electrons. The first kappa shape index (κ1) is 22.2. The second-order valence-corrected chi connectivity index (χ2v) is 8.17. The first-order valence-electron chi connectivity index (χ1n) is 9.65. The number of amides is 2. The van der Waals surface area contributed by atoms with Gasteiger partial charge in [-0.1, -0.05) is 13.0 Å². The third kappa shape index (κ3) is 5.38. The third-order valence-corrected chi connectivity index (χ3v) is 6.10. The smallest absolute Gasteiger partial charge is 0.410 e. The Bertz CT molecular complexity index is 1010. The average Bonchev–Trinajstić information content (AvgIpc) is 3.13. The maximum atomic E-state index is 12.6. The molecule has 1 aliphatic rings. The van der Waals surface area contributed by atoms with Gasteiger partial charge in [0.1, 0.15) is 11.1 Å². The van der Waals surface area contributed by atoms with Gasteiger partial charge < -0.3 is 19.7 Å². The number of hydrogen-bond acceptors (Lipinski definition) is 8. The van der Waals surface area contributed by atoms with Crippen LogP contribution < -0.4 is 5.32 Å². The molecule has 0 aliphatic carbocycles. The van der Waals surface area contributed by atoms with Crippen molar-refractivity contribution in [1.29, 1.82) is 5.26 Å². The Morgan fingerprint density at radius 1 is 1.42 bits per heavy atom. The molecule has 2 amide bonds. The molecule has 162 valence electrons. The van der Waals surface area contributed by atoms with Crippen LogP contribution in [0.5, 0.6) is 0 Å². The summed E-state index contributed by atoms with van der Waals surface area (Å²) in [6, 6.07) is 5.92. The largest absolute Gasteiger partial charge is 0.466 e. The zero-order valence-electron chi connectivity index (χ0n) is 17.2. The lowest BCUT2D eigenvalue weighted by molar-refractivity contribution is -0.144. The summed E-state index contributed by atoms with van der Waals surface area (Å²) in [6.45, 7) is 2.09. The molecule has 1 aliphatic heterocycles. The first-order valence-corrected chi connectivity index (χ1v) is 10.5. The van der Waals surface area contributed by atoms with Gasteiger partial charge in [-0.3, -0.25) is 9.78 Å². The minimum Gasteiger partial charge on any atom is -0.466 e. The second-order valence-electron chi connectivity index (χ2n) is 7.06. The van der Waals surface area contributed by atoms with Crippen LogP contribution in [-0.4, -0.2) is 48.1 Å². The van der Waals surface area contributed by atoms with E-state index in [0.717, 1.165) is 16.0 Å². The van der Waals surface area contributed by atoms with Crippen LogP contribution in [0, 0.1) is 11.3 Å². The molecule has 0 saturated heterocycles. The van der Waals surface area contributed by atoms with Crippen LogP contribution in [0.1, 0.15) is 40.8 Å². The summed E-state index contributed by atoms with van der Waals surface area (Å²) < 4.78 is 9.40. The second kappa shape index (κ2) is 10.0. The minimum atomic E-state index is -0.639. The van der Waals surface area contributed by atoms with Crippen molar-refractivity contribution >= 4 is 34.3 Å². The van der Waals surface area contributed by atoms with Crippen molar-refractivity contribution in [3.8, 4) is 6.07 Å². The topological polar surface area (TPSA) is 122 Å². The molecule has 1 N–H and O–H groups in total. The summed E-state index contributed by atoms with van der Waals surface area (Å²) in [7, 11) is 1.21. The third-order valence-electron chi connectivity index (χ3n) is 4.97. The zero-order valence-corrected chi connectivity index (χ0v) is 18.0. The van der Waals surface area contributed by atoms with Crippen molar-refractivity contribution < 1.29 is 23.9 Å². The molecule has 2 aromatic rings. The van der Waals surface area contributed by atoms with Gasteiger partial charge in [0.15, 0.2) is 6.61 Å². The molecule has 0 bridgehead atoms. The van der Waals surface area contributed by atoms with Gasteiger partial charge in [-0.15, -0.1) is 11.3 Å². The standard InChI is InChI=1S/C21H22N4O5S/c1-13(14-4-3-6-23-10-14)8-18(26)24-20-16(9-22)15-5-7-25(11-17(15)31-20)21(28)30-12-19(27)29-2/h3-4,6,10,13H,5,7-8,11-12H2,1-2H3,(H,24,26). The number of hydrogen-bond donors (Lipinski definition) is 1. The number of fused-ring (bicyclic) bond motifs is 1. The van der Waals surface area contributed by atoms with Gasteiger partial charge in [-0.05, 0) is 29.5 Å². The molecule has 0 aromatic carbocycles. The van der Waals surface area contributed by atoms with E-state index in [-0.39, 0.29) is 24.8 Å². The number of carbonyl (C=O) groups excluding carboxylic acids is 3. The molecule has 0 fully saturated rings. The molecule has 1 atom stereocenters. The summed E-state index contributed by atoms with van der Waals surface area (Å²) >= 11 is 1.28. The highest BCUT2D eigenvalue weighted by Gasteiger charge is 2.28. The number of thiophene rings is 1. The van der Waals surface area contributed by atoms with Crippen molar-refractivity contribution in [1.82, 2.24) is 9.88 Å². The van der Waals surface area contributed by atoms with E-state index >= 15 is 0 Å². The Morgan fingerprint density at radius 2 is 2.23 bits per heavy atom. The van der Waals surface area contributed by atoms with E-state index in [1.54, 1.807) is 12.4 Å². The van der Waals surface area contributed by atoms with Gasteiger partial charge in [0.25, 0.3) is 0 Å². The summed E-state index contributed by atoms with van der Waals surface area (Å²) in [4.78, 5) is 42.3. The molecule has 0 spiro atoms. The van der Waals surface area contributed by atoms with Crippen molar-refractivity contribution in [2.75, 3.05) is 25.6 Å². The van der Waals surface area contributed by atoms with Crippen molar-refractivity contribution in [2.45, 2.75) is 32.2 Å². The molecular weight excluding hydrogens is 420 g/mol. The number of ether oxygens (including phenoxy) is 2. The number of carbonyl (C=O) groups is 3. The van der Waals surface area contributed by atoms with Crippen LogP contribution in [0.15, 0.2) is 24.5 Å². The molecular formula is C21H22N4O5S. The van der Waals surface area contributed by atoms with Crippen LogP contribution in [0.25, 0.3) is 0 Å². The number of nitrogens with one attached hydrogen (secondary N) is 1. The van der Waals surface area contributed by atoms with Crippen LogP contribution >= 0.6 is 11.3 Å². The predicted octanol–water partition coefficient (Wildman–Crippen LogP) is 2.81. The van der Waals surface area contributed by atoms with Crippen molar-refractivity contribution in [3.05, 3.63) is 46.1 Å². The number of nitrogens with zero attached hydrogens (tertiary/aromatic N) is 3. The summed E-state index contributed by atoms with van der Waals surface area (Å²) in [5.41, 5.74) is 2.23. The molecule has 10 heteroatoms. The summed E-state index contributed by atoms with van der Waals surface area (Å²) in [6.07, 6.45) is 3.50. The Labute approximate surface area is 183 Å². The molecule has 2 aromatic heterocycles. The Kier molecular flexibility index (Phi) is 7.20. The zero-order chi connectivity index (χ0) is 22.4. The molecule has 0 saturated carbocycles. The Hall–Kier alpha value is -3.45. The van der Waals surface area contributed by atoms with E-state index in [4.69, 9.17) is 4.74 Å². The highest BCUT2D eigenvalue weighted by Crippen LogP contribution is 2.37. The monoisotopic (exact) mass is 442 g/mol. The number of esters is 1. The predicted molar refractivity (Wildman–Crippen MR) is 112 cm³/mol. The van der Waals surface area contributed by atoms with Crippen LogP contribution in [0.3, 0.4) is 0 Å². The minimum absolute atomic E-state index is 0.0195. The highest BCUT2D eigenvalue weighted by molar-refractivity contribution is 7.16. The SMILES string of the molecule is COC(=O)COC(=O)N1CCc2c(sc(NC(=O)CC(C)c3cccnc3)c2C#N)C1. The Balaban J connectivity index is 1.66. The van der Waals surface area contributed by atoms with E-state index in [1.165, 1.54) is 23.3 Å². The van der Waals surface area contributed by atoms with Gasteiger partial charge in [0.2, 0.25) is 5.91 Å². The van der Waals surface area contributed by atoms with Gasteiger partial charge in [0, 0.05) is 30.2 Å². The summed E-state index contributed by atoms with van der Waals surface area (Å²) in [5.74, 6) is -0.853. The average molecular weight is 442 g/mol. The van der Waals surface area contributed by atoms with Crippen LogP contribution in [-0.2, 0) is 32.0 Å². The summed E-state index contributed by atoms with van der Waals surface area (Å²) in [5, 5.41) is 13.0. The lowest BCUT2D eigenvalue weighted by atomic mass is 9.99. The Morgan fingerprint density at radius 3 is 2.90 bits per heavy atom.